The van der Waals surface area contributed by atoms with Gasteiger partial charge in [-0.2, -0.15) is 0 Å². The van der Waals surface area contributed by atoms with Crippen LogP contribution in [0, 0.1) is 0 Å². The molecule has 0 saturated carbocycles. The molecule has 0 unspecified atom stereocenters. The van der Waals surface area contributed by atoms with E-state index in [-0.39, 0.29) is 18.9 Å². The molecule has 21 heavy (non-hydrogen) atoms. The number of nitrogens with one attached hydrogen (secondary N) is 2. The minimum atomic E-state index is -0.650. The Balaban J connectivity index is 1.94. The van der Waals surface area contributed by atoms with Crippen molar-refractivity contribution < 1.29 is 14.8 Å². The first-order chi connectivity index (χ1) is 10.2. The molecule has 0 radical (unpaired) electrons. The SMILES string of the molecule is O=C(CNC(=O)Cc1ccc(-c2ccccc2)cc1)NO. The molecule has 0 saturated heterocycles. The van der Waals surface area contributed by atoms with E-state index in [0.717, 1.165) is 16.7 Å². The van der Waals surface area contributed by atoms with Gasteiger partial charge >= 0.3 is 0 Å². The Morgan fingerprint density at radius 1 is 0.857 bits per heavy atom. The molecule has 0 aliphatic carbocycles. The molecule has 0 aromatic heterocycles. The van der Waals surface area contributed by atoms with E-state index in [4.69, 9.17) is 5.21 Å². The normalized spacial score (nSPS) is 9.95. The highest BCUT2D eigenvalue weighted by molar-refractivity contribution is 5.85. The van der Waals surface area contributed by atoms with Crippen molar-refractivity contribution in [2.24, 2.45) is 0 Å². The summed E-state index contributed by atoms with van der Waals surface area (Å²) in [5.74, 6) is -0.922. The van der Waals surface area contributed by atoms with Crippen LogP contribution in [-0.4, -0.2) is 23.6 Å². The summed E-state index contributed by atoms with van der Waals surface area (Å²) in [6.07, 6.45) is 0.188. The molecule has 5 nitrogen and oxygen atoms in total. The van der Waals surface area contributed by atoms with E-state index < -0.39 is 5.91 Å². The third-order valence-electron chi connectivity index (χ3n) is 3.00. The molecule has 0 aliphatic rings. The minimum Gasteiger partial charge on any atom is -0.347 e. The molecule has 108 valence electrons. The largest absolute Gasteiger partial charge is 0.347 e. The molecular formula is C16H16N2O3. The zero-order chi connectivity index (χ0) is 15.1. The van der Waals surface area contributed by atoms with Gasteiger partial charge in [0.1, 0.15) is 0 Å². The third kappa shape index (κ3) is 4.43. The van der Waals surface area contributed by atoms with Crippen molar-refractivity contribution in [3.05, 3.63) is 60.2 Å². The summed E-state index contributed by atoms with van der Waals surface area (Å²) in [5.41, 5.74) is 4.52. The molecule has 0 aliphatic heterocycles. The lowest BCUT2D eigenvalue weighted by atomic mass is 10.0. The van der Waals surface area contributed by atoms with E-state index in [1.54, 1.807) is 0 Å². The number of hydrogen-bond donors (Lipinski definition) is 3. The maximum atomic E-state index is 11.6. The smallest absolute Gasteiger partial charge is 0.262 e. The highest BCUT2D eigenvalue weighted by Crippen LogP contribution is 2.19. The summed E-state index contributed by atoms with van der Waals surface area (Å²) >= 11 is 0. The van der Waals surface area contributed by atoms with Gasteiger partial charge in [-0.25, -0.2) is 5.48 Å². The van der Waals surface area contributed by atoms with Gasteiger partial charge in [0, 0.05) is 0 Å². The number of benzene rings is 2. The molecule has 2 aromatic rings. The van der Waals surface area contributed by atoms with Crippen LogP contribution < -0.4 is 10.8 Å². The molecule has 0 spiro atoms. The lowest BCUT2D eigenvalue weighted by Crippen LogP contribution is -2.36. The number of carbonyl (C=O) groups is 2. The van der Waals surface area contributed by atoms with Gasteiger partial charge in [-0.05, 0) is 16.7 Å². The molecule has 0 heterocycles. The predicted octanol–water partition coefficient (Wildman–Crippen LogP) is 1.52. The number of amides is 2. The van der Waals surface area contributed by atoms with Crippen molar-refractivity contribution in [1.82, 2.24) is 10.8 Å². The molecule has 0 fully saturated rings. The lowest BCUT2D eigenvalue weighted by molar-refractivity contribution is -0.131. The first-order valence-corrected chi connectivity index (χ1v) is 6.53. The fourth-order valence-corrected chi connectivity index (χ4v) is 1.91. The molecule has 2 amide bonds. The highest BCUT2D eigenvalue weighted by Gasteiger charge is 2.06. The van der Waals surface area contributed by atoms with Crippen molar-refractivity contribution in [2.45, 2.75) is 6.42 Å². The van der Waals surface area contributed by atoms with Crippen LogP contribution in [0.5, 0.6) is 0 Å². The van der Waals surface area contributed by atoms with Gasteiger partial charge < -0.3 is 5.32 Å². The second-order valence-corrected chi connectivity index (χ2v) is 4.55. The van der Waals surface area contributed by atoms with Crippen molar-refractivity contribution in [1.29, 1.82) is 0 Å². The van der Waals surface area contributed by atoms with Crippen LogP contribution >= 0.6 is 0 Å². The number of rotatable bonds is 5. The van der Waals surface area contributed by atoms with E-state index in [2.05, 4.69) is 5.32 Å². The molecule has 2 rings (SSSR count). The Bertz CT molecular complexity index is 609. The average molecular weight is 284 g/mol. The van der Waals surface area contributed by atoms with Gasteiger partial charge in [0.25, 0.3) is 5.91 Å². The maximum absolute atomic E-state index is 11.6. The Kier molecular flexibility index (Phi) is 5.06. The van der Waals surface area contributed by atoms with Gasteiger partial charge in [-0.15, -0.1) is 0 Å². The van der Waals surface area contributed by atoms with E-state index in [0.29, 0.717) is 0 Å². The Morgan fingerprint density at radius 2 is 1.48 bits per heavy atom. The van der Waals surface area contributed by atoms with E-state index in [9.17, 15) is 9.59 Å². The van der Waals surface area contributed by atoms with Gasteiger partial charge in [-0.1, -0.05) is 54.6 Å². The highest BCUT2D eigenvalue weighted by atomic mass is 16.5. The van der Waals surface area contributed by atoms with E-state index in [1.807, 2.05) is 54.6 Å². The number of hydroxylamine groups is 1. The Labute approximate surface area is 122 Å². The summed E-state index contributed by atoms with van der Waals surface area (Å²) in [6.45, 7) is -0.239. The van der Waals surface area contributed by atoms with E-state index >= 15 is 0 Å². The first-order valence-electron chi connectivity index (χ1n) is 6.53. The van der Waals surface area contributed by atoms with Crippen LogP contribution in [0.2, 0.25) is 0 Å². The summed E-state index contributed by atoms with van der Waals surface area (Å²) in [6, 6.07) is 17.6. The van der Waals surface area contributed by atoms with Crippen molar-refractivity contribution in [3.63, 3.8) is 0 Å². The summed E-state index contributed by atoms with van der Waals surface area (Å²) < 4.78 is 0. The first kappa shape index (κ1) is 14.7. The van der Waals surface area contributed by atoms with Crippen LogP contribution in [-0.2, 0) is 16.0 Å². The molecule has 2 aromatic carbocycles. The zero-order valence-corrected chi connectivity index (χ0v) is 11.4. The Morgan fingerprint density at radius 3 is 2.10 bits per heavy atom. The van der Waals surface area contributed by atoms with Crippen LogP contribution in [0.25, 0.3) is 11.1 Å². The van der Waals surface area contributed by atoms with Gasteiger partial charge in [-0.3, -0.25) is 14.8 Å². The quantitative estimate of drug-likeness (QED) is 0.575. The topological polar surface area (TPSA) is 78.4 Å². The monoisotopic (exact) mass is 284 g/mol. The number of carbonyl (C=O) groups excluding carboxylic acids is 2. The maximum Gasteiger partial charge on any atom is 0.262 e. The summed E-state index contributed by atoms with van der Waals surface area (Å²) in [5, 5.41) is 10.7. The standard InChI is InChI=1S/C16H16N2O3/c19-15(17-11-16(20)18-21)10-12-6-8-14(9-7-12)13-4-2-1-3-5-13/h1-9,21H,10-11H2,(H,17,19)(H,18,20). The van der Waals surface area contributed by atoms with Crippen LogP contribution in [0.4, 0.5) is 0 Å². The van der Waals surface area contributed by atoms with Crippen LogP contribution in [0.15, 0.2) is 54.6 Å². The van der Waals surface area contributed by atoms with Crippen LogP contribution in [0.3, 0.4) is 0 Å². The predicted molar refractivity (Wildman–Crippen MR) is 78.5 cm³/mol. The van der Waals surface area contributed by atoms with Gasteiger partial charge in [0.2, 0.25) is 5.91 Å². The molecule has 0 atom stereocenters. The van der Waals surface area contributed by atoms with Crippen molar-refractivity contribution in [3.8, 4) is 11.1 Å². The fraction of sp³-hybridized carbons (Fsp3) is 0.125. The fourth-order valence-electron chi connectivity index (χ4n) is 1.91. The second-order valence-electron chi connectivity index (χ2n) is 4.55. The van der Waals surface area contributed by atoms with E-state index in [1.165, 1.54) is 5.48 Å². The second kappa shape index (κ2) is 7.21. The van der Waals surface area contributed by atoms with Gasteiger partial charge in [0.15, 0.2) is 0 Å². The van der Waals surface area contributed by atoms with Crippen molar-refractivity contribution in [2.75, 3.05) is 6.54 Å². The van der Waals surface area contributed by atoms with Crippen molar-refractivity contribution >= 4 is 11.8 Å². The summed E-state index contributed by atoms with van der Waals surface area (Å²) in [7, 11) is 0. The lowest BCUT2D eigenvalue weighted by Gasteiger charge is -2.06. The number of hydrogen-bond acceptors (Lipinski definition) is 3. The van der Waals surface area contributed by atoms with Crippen LogP contribution in [0.1, 0.15) is 5.56 Å². The minimum absolute atomic E-state index is 0.188. The molecular weight excluding hydrogens is 268 g/mol. The molecule has 5 heteroatoms. The van der Waals surface area contributed by atoms with Gasteiger partial charge in [0.05, 0.1) is 13.0 Å². The molecule has 0 bridgehead atoms. The third-order valence-corrected chi connectivity index (χ3v) is 3.00. The molecule has 3 N–H and O–H groups in total. The summed E-state index contributed by atoms with van der Waals surface area (Å²) in [4.78, 5) is 22.4. The Hall–Kier alpha value is -2.66. The average Bonchev–Trinajstić information content (AvgIpc) is 2.54. The zero-order valence-electron chi connectivity index (χ0n) is 11.4.